The number of piperidine rings is 1. The minimum absolute atomic E-state index is 0.0506. The number of amides is 2. The molecule has 1 unspecified atom stereocenters. The molecule has 0 aliphatic carbocycles. The number of H-pyrrole nitrogens is 2. The van der Waals surface area contributed by atoms with E-state index >= 15 is 0 Å². The first kappa shape index (κ1) is 24.0. The number of para-hydroxylation sites is 3. The van der Waals surface area contributed by atoms with E-state index in [1.54, 1.807) is 11.0 Å². The highest BCUT2D eigenvalue weighted by molar-refractivity contribution is 6.33. The third-order valence-electron chi connectivity index (χ3n) is 8.76. The molecular formula is C32H29ClN4O2. The van der Waals surface area contributed by atoms with Crippen molar-refractivity contribution < 1.29 is 9.59 Å². The molecule has 2 fully saturated rings. The molecule has 2 N–H and O–H groups in total. The van der Waals surface area contributed by atoms with Gasteiger partial charge in [0.15, 0.2) is 0 Å². The van der Waals surface area contributed by atoms with Crippen LogP contribution < -0.4 is 4.90 Å². The zero-order valence-corrected chi connectivity index (χ0v) is 22.2. The van der Waals surface area contributed by atoms with Crippen LogP contribution in [0.3, 0.4) is 0 Å². The Balaban J connectivity index is 1.19. The fraction of sp³-hybridized carbons (Fsp3) is 0.250. The average Bonchev–Trinajstić information content (AvgIpc) is 3.70. The van der Waals surface area contributed by atoms with Crippen LogP contribution >= 0.6 is 11.6 Å². The minimum atomic E-state index is -0.359. The molecule has 196 valence electrons. The molecule has 1 atom stereocenters. The number of likely N-dealkylation sites (tertiary alicyclic amines) is 1. The Kier molecular flexibility index (Phi) is 5.74. The van der Waals surface area contributed by atoms with Gasteiger partial charge < -0.3 is 19.8 Å². The average molecular weight is 537 g/mol. The van der Waals surface area contributed by atoms with E-state index in [2.05, 4.69) is 70.9 Å². The van der Waals surface area contributed by atoms with Crippen molar-refractivity contribution in [1.82, 2.24) is 14.9 Å². The van der Waals surface area contributed by atoms with Crippen LogP contribution in [-0.4, -0.2) is 46.3 Å². The Morgan fingerprint density at radius 1 is 0.821 bits per heavy atom. The van der Waals surface area contributed by atoms with Gasteiger partial charge in [0.2, 0.25) is 11.8 Å². The molecule has 4 heterocycles. The summed E-state index contributed by atoms with van der Waals surface area (Å²) in [5.41, 5.74) is 5.22. The summed E-state index contributed by atoms with van der Waals surface area (Å²) in [5, 5.41) is 2.97. The normalized spacial score (nSPS) is 19.3. The maximum Gasteiger partial charge on any atom is 0.228 e. The van der Waals surface area contributed by atoms with Crippen molar-refractivity contribution in [1.29, 1.82) is 0 Å². The summed E-state index contributed by atoms with van der Waals surface area (Å²) < 4.78 is 0. The van der Waals surface area contributed by atoms with Crippen molar-refractivity contribution in [3.05, 3.63) is 101 Å². The molecule has 0 spiro atoms. The summed E-state index contributed by atoms with van der Waals surface area (Å²) in [5.74, 6) is -0.350. The number of rotatable bonds is 4. The number of anilines is 1. The van der Waals surface area contributed by atoms with Crippen LogP contribution in [0.5, 0.6) is 0 Å². The fourth-order valence-corrected chi connectivity index (χ4v) is 7.00. The number of hydrogen-bond donors (Lipinski definition) is 2. The van der Waals surface area contributed by atoms with E-state index in [4.69, 9.17) is 11.6 Å². The SMILES string of the molecule is O=C(C1CC(=O)N(c2ccccc2Cl)C1)N1CCC(c2c[nH]c3ccccc23)(c2c[nH]c3ccccc23)CC1. The molecule has 2 aliphatic rings. The zero-order chi connectivity index (χ0) is 26.6. The number of nitrogens with one attached hydrogen (secondary N) is 2. The number of benzene rings is 3. The van der Waals surface area contributed by atoms with Gasteiger partial charge in [-0.25, -0.2) is 0 Å². The van der Waals surface area contributed by atoms with Gasteiger partial charge in [-0.2, -0.15) is 0 Å². The largest absolute Gasteiger partial charge is 0.361 e. The van der Waals surface area contributed by atoms with Gasteiger partial charge in [0.05, 0.1) is 16.6 Å². The van der Waals surface area contributed by atoms with Crippen molar-refractivity contribution in [3.63, 3.8) is 0 Å². The van der Waals surface area contributed by atoms with E-state index in [9.17, 15) is 9.59 Å². The van der Waals surface area contributed by atoms with Gasteiger partial charge in [-0.3, -0.25) is 9.59 Å². The second-order valence-electron chi connectivity index (χ2n) is 10.8. The molecule has 2 aromatic heterocycles. The van der Waals surface area contributed by atoms with E-state index in [0.717, 1.165) is 23.9 Å². The number of hydrogen-bond acceptors (Lipinski definition) is 2. The third kappa shape index (κ3) is 3.85. The first-order chi connectivity index (χ1) is 19.0. The molecule has 7 rings (SSSR count). The zero-order valence-electron chi connectivity index (χ0n) is 21.5. The minimum Gasteiger partial charge on any atom is -0.361 e. The number of halogens is 1. The highest BCUT2D eigenvalue weighted by Crippen LogP contribution is 2.47. The molecule has 0 saturated carbocycles. The first-order valence-corrected chi connectivity index (χ1v) is 13.9. The van der Waals surface area contributed by atoms with Crippen molar-refractivity contribution in [2.24, 2.45) is 5.92 Å². The molecule has 2 saturated heterocycles. The van der Waals surface area contributed by atoms with Crippen molar-refractivity contribution in [2.45, 2.75) is 24.7 Å². The number of aromatic nitrogens is 2. The first-order valence-electron chi connectivity index (χ1n) is 13.5. The summed E-state index contributed by atoms with van der Waals surface area (Å²) in [6, 6.07) is 24.2. The maximum absolute atomic E-state index is 13.7. The van der Waals surface area contributed by atoms with E-state index in [0.29, 0.717) is 30.3 Å². The molecule has 2 aliphatic heterocycles. The number of carbonyl (C=O) groups is 2. The molecule has 0 bridgehead atoms. The topological polar surface area (TPSA) is 72.2 Å². The molecule has 5 aromatic rings. The number of carbonyl (C=O) groups excluding carboxylic acids is 2. The van der Waals surface area contributed by atoms with Gasteiger partial charge in [0.25, 0.3) is 0 Å². The van der Waals surface area contributed by atoms with E-state index < -0.39 is 0 Å². The van der Waals surface area contributed by atoms with Crippen LogP contribution in [0.2, 0.25) is 5.02 Å². The summed E-state index contributed by atoms with van der Waals surface area (Å²) >= 11 is 6.36. The molecule has 3 aromatic carbocycles. The molecular weight excluding hydrogens is 508 g/mol. The van der Waals surface area contributed by atoms with Gasteiger partial charge in [0, 0.05) is 65.7 Å². The Morgan fingerprint density at radius 2 is 1.38 bits per heavy atom. The number of fused-ring (bicyclic) bond motifs is 2. The van der Waals surface area contributed by atoms with Crippen LogP contribution in [0.15, 0.2) is 85.2 Å². The second-order valence-corrected chi connectivity index (χ2v) is 11.2. The Bertz CT molecular complexity index is 1640. The lowest BCUT2D eigenvalue weighted by Crippen LogP contribution is -2.47. The third-order valence-corrected chi connectivity index (χ3v) is 9.08. The van der Waals surface area contributed by atoms with Crippen LogP contribution in [0.25, 0.3) is 21.8 Å². The number of aromatic amines is 2. The van der Waals surface area contributed by atoms with Gasteiger partial charge >= 0.3 is 0 Å². The van der Waals surface area contributed by atoms with E-state index in [-0.39, 0.29) is 29.6 Å². The Hall–Kier alpha value is -4.03. The van der Waals surface area contributed by atoms with Crippen LogP contribution in [-0.2, 0) is 15.0 Å². The van der Waals surface area contributed by atoms with Gasteiger partial charge in [-0.1, -0.05) is 60.1 Å². The lowest BCUT2D eigenvalue weighted by atomic mass is 9.67. The second kappa shape index (κ2) is 9.31. The summed E-state index contributed by atoms with van der Waals surface area (Å²) in [4.78, 5) is 37.2. The Labute approximate surface area is 231 Å². The smallest absolute Gasteiger partial charge is 0.228 e. The highest BCUT2D eigenvalue weighted by Gasteiger charge is 2.44. The Morgan fingerprint density at radius 3 is 2.00 bits per heavy atom. The monoisotopic (exact) mass is 536 g/mol. The van der Waals surface area contributed by atoms with Crippen molar-refractivity contribution in [2.75, 3.05) is 24.5 Å². The maximum atomic E-state index is 13.7. The quantitative estimate of drug-likeness (QED) is 0.284. The van der Waals surface area contributed by atoms with Crippen molar-refractivity contribution in [3.8, 4) is 0 Å². The fourth-order valence-electron chi connectivity index (χ4n) is 6.76. The summed E-state index contributed by atoms with van der Waals surface area (Å²) in [6.45, 7) is 1.64. The predicted octanol–water partition coefficient (Wildman–Crippen LogP) is 6.26. The standard InChI is InChI=1S/C32H29ClN4O2/c33-26-9-3-6-12-29(26)37-20-21(17-30(37)38)31(39)36-15-13-32(14-16-36,24-18-34-27-10-4-1-7-22(24)27)25-19-35-28-11-5-2-8-23(25)28/h1-12,18-19,21,34-35H,13-17,20H2. The van der Waals surface area contributed by atoms with Gasteiger partial charge in [0.1, 0.15) is 0 Å². The molecule has 39 heavy (non-hydrogen) atoms. The van der Waals surface area contributed by atoms with E-state index in [1.165, 1.54) is 21.9 Å². The number of nitrogens with zero attached hydrogens (tertiary/aromatic N) is 2. The van der Waals surface area contributed by atoms with Crippen LogP contribution in [0.1, 0.15) is 30.4 Å². The van der Waals surface area contributed by atoms with Gasteiger partial charge in [-0.05, 0) is 48.2 Å². The van der Waals surface area contributed by atoms with Crippen LogP contribution in [0.4, 0.5) is 5.69 Å². The summed E-state index contributed by atoms with van der Waals surface area (Å²) in [7, 11) is 0. The predicted molar refractivity (Wildman–Crippen MR) is 155 cm³/mol. The molecule has 0 radical (unpaired) electrons. The lowest BCUT2D eigenvalue weighted by molar-refractivity contribution is -0.137. The van der Waals surface area contributed by atoms with E-state index in [1.807, 2.05) is 23.1 Å². The van der Waals surface area contributed by atoms with Crippen molar-refractivity contribution >= 4 is 50.9 Å². The lowest BCUT2D eigenvalue weighted by Gasteiger charge is -2.43. The molecule has 6 nitrogen and oxygen atoms in total. The van der Waals surface area contributed by atoms with Crippen LogP contribution in [0, 0.1) is 5.92 Å². The van der Waals surface area contributed by atoms with Gasteiger partial charge in [-0.15, -0.1) is 0 Å². The molecule has 7 heteroatoms. The molecule has 2 amide bonds. The highest BCUT2D eigenvalue weighted by atomic mass is 35.5. The summed E-state index contributed by atoms with van der Waals surface area (Å²) in [6.07, 6.45) is 6.13.